The maximum absolute atomic E-state index is 13.1. The van der Waals surface area contributed by atoms with Gasteiger partial charge in [0.1, 0.15) is 17.1 Å². The molecule has 3 aromatic carbocycles. The molecule has 1 aliphatic rings. The first-order valence-corrected chi connectivity index (χ1v) is 10.4. The first-order valence-electron chi connectivity index (χ1n) is 10.4. The molecule has 0 unspecified atom stereocenters. The summed E-state index contributed by atoms with van der Waals surface area (Å²) in [6.45, 7) is 1.02. The summed E-state index contributed by atoms with van der Waals surface area (Å²) in [5.41, 5.74) is 1.24. The molecule has 2 amide bonds. The Hall–Kier alpha value is -3.54. The van der Waals surface area contributed by atoms with Crippen molar-refractivity contribution in [3.63, 3.8) is 0 Å². The normalized spacial score (nSPS) is 14.3. The van der Waals surface area contributed by atoms with Gasteiger partial charge in [-0.3, -0.25) is 9.59 Å². The predicted molar refractivity (Wildman–Crippen MR) is 121 cm³/mol. The molecule has 4 rings (SSSR count). The van der Waals surface area contributed by atoms with Gasteiger partial charge < -0.3 is 19.7 Å². The largest absolute Gasteiger partial charge is 0.496 e. The Bertz CT molecular complexity index is 1080. The lowest BCUT2D eigenvalue weighted by Crippen LogP contribution is -2.41. The number of carbonyl (C=O) groups is 2. The number of piperidine rings is 1. The van der Waals surface area contributed by atoms with Crippen molar-refractivity contribution >= 4 is 28.3 Å². The summed E-state index contributed by atoms with van der Waals surface area (Å²) in [7, 11) is 3.07. The van der Waals surface area contributed by atoms with Gasteiger partial charge in [-0.2, -0.15) is 0 Å². The monoisotopic (exact) mass is 418 g/mol. The standard InChI is InChI=1S/C25H26N2O4/c1-30-21-11-6-12-22(31-2)23(21)25(29)27-15-13-18(14-16-27)24(28)26-20-10-5-8-17-7-3-4-9-19(17)20/h3-12,18H,13-16H2,1-2H3,(H,26,28). The third-order valence-corrected chi connectivity index (χ3v) is 5.84. The number of ether oxygens (including phenoxy) is 2. The molecule has 0 saturated carbocycles. The minimum absolute atomic E-state index is 0.00155. The van der Waals surface area contributed by atoms with Gasteiger partial charge in [0.25, 0.3) is 5.91 Å². The first-order chi connectivity index (χ1) is 15.1. The molecule has 6 nitrogen and oxygen atoms in total. The maximum atomic E-state index is 13.1. The van der Waals surface area contributed by atoms with Gasteiger partial charge in [0, 0.05) is 30.1 Å². The van der Waals surface area contributed by atoms with Crippen LogP contribution in [-0.2, 0) is 4.79 Å². The predicted octanol–water partition coefficient (Wildman–Crippen LogP) is 4.35. The molecule has 3 aromatic rings. The van der Waals surface area contributed by atoms with Crippen LogP contribution in [0.4, 0.5) is 5.69 Å². The van der Waals surface area contributed by atoms with E-state index in [0.717, 1.165) is 16.5 Å². The number of nitrogens with zero attached hydrogens (tertiary/aromatic N) is 1. The molecule has 1 saturated heterocycles. The number of benzene rings is 3. The van der Waals surface area contributed by atoms with Crippen molar-refractivity contribution in [1.82, 2.24) is 4.90 Å². The van der Waals surface area contributed by atoms with Gasteiger partial charge in [-0.05, 0) is 36.4 Å². The van der Waals surface area contributed by atoms with E-state index in [-0.39, 0.29) is 17.7 Å². The van der Waals surface area contributed by atoms with Crippen LogP contribution in [-0.4, -0.2) is 44.0 Å². The summed E-state index contributed by atoms with van der Waals surface area (Å²) in [6, 6.07) is 19.2. The lowest BCUT2D eigenvalue weighted by Gasteiger charge is -2.32. The van der Waals surface area contributed by atoms with E-state index in [1.54, 1.807) is 23.1 Å². The van der Waals surface area contributed by atoms with Crippen molar-refractivity contribution in [3.8, 4) is 11.5 Å². The second-order valence-electron chi connectivity index (χ2n) is 7.62. The Labute approximate surface area is 181 Å². The van der Waals surface area contributed by atoms with E-state index in [9.17, 15) is 9.59 Å². The maximum Gasteiger partial charge on any atom is 0.261 e. The summed E-state index contributed by atoms with van der Waals surface area (Å²) >= 11 is 0. The molecule has 1 heterocycles. The number of anilines is 1. The van der Waals surface area contributed by atoms with E-state index in [1.807, 2.05) is 42.5 Å². The van der Waals surface area contributed by atoms with Crippen LogP contribution in [0.5, 0.6) is 11.5 Å². The second-order valence-corrected chi connectivity index (χ2v) is 7.62. The highest BCUT2D eigenvalue weighted by atomic mass is 16.5. The molecule has 0 radical (unpaired) electrons. The van der Waals surface area contributed by atoms with Gasteiger partial charge in [-0.25, -0.2) is 0 Å². The van der Waals surface area contributed by atoms with Crippen molar-refractivity contribution in [2.45, 2.75) is 12.8 Å². The number of likely N-dealkylation sites (tertiary alicyclic amines) is 1. The van der Waals surface area contributed by atoms with Crippen LogP contribution in [0.1, 0.15) is 23.2 Å². The SMILES string of the molecule is COc1cccc(OC)c1C(=O)N1CCC(C(=O)Nc2cccc3ccccc23)CC1. The average Bonchev–Trinajstić information content (AvgIpc) is 2.83. The fraction of sp³-hybridized carbons (Fsp3) is 0.280. The molecule has 0 aromatic heterocycles. The summed E-state index contributed by atoms with van der Waals surface area (Å²) < 4.78 is 10.7. The summed E-state index contributed by atoms with van der Waals surface area (Å²) in [6.07, 6.45) is 1.22. The molecule has 160 valence electrons. The molecule has 0 spiro atoms. The van der Waals surface area contributed by atoms with E-state index < -0.39 is 0 Å². The van der Waals surface area contributed by atoms with Crippen LogP contribution in [0.25, 0.3) is 10.8 Å². The van der Waals surface area contributed by atoms with Gasteiger partial charge in [0.2, 0.25) is 5.91 Å². The lowest BCUT2D eigenvalue weighted by atomic mass is 9.95. The number of fused-ring (bicyclic) bond motifs is 1. The summed E-state index contributed by atoms with van der Waals surface area (Å²) in [4.78, 5) is 27.8. The number of amides is 2. The highest BCUT2D eigenvalue weighted by Crippen LogP contribution is 2.31. The third kappa shape index (κ3) is 4.19. The Kier molecular flexibility index (Phi) is 6.07. The minimum Gasteiger partial charge on any atom is -0.496 e. The number of carbonyl (C=O) groups excluding carboxylic acids is 2. The van der Waals surface area contributed by atoms with Crippen LogP contribution in [0.2, 0.25) is 0 Å². The highest BCUT2D eigenvalue weighted by Gasteiger charge is 2.30. The van der Waals surface area contributed by atoms with Crippen LogP contribution in [0.3, 0.4) is 0 Å². The fourth-order valence-corrected chi connectivity index (χ4v) is 4.13. The Morgan fingerprint density at radius 2 is 1.48 bits per heavy atom. The molecule has 31 heavy (non-hydrogen) atoms. The van der Waals surface area contributed by atoms with Crippen molar-refractivity contribution in [2.24, 2.45) is 5.92 Å². The number of hydrogen-bond donors (Lipinski definition) is 1. The summed E-state index contributed by atoms with van der Waals surface area (Å²) in [5, 5.41) is 5.20. The average molecular weight is 418 g/mol. The molecule has 0 bridgehead atoms. The highest BCUT2D eigenvalue weighted by molar-refractivity contribution is 6.03. The fourth-order valence-electron chi connectivity index (χ4n) is 4.13. The van der Waals surface area contributed by atoms with E-state index in [4.69, 9.17) is 9.47 Å². The molecule has 1 aliphatic heterocycles. The number of rotatable bonds is 5. The smallest absolute Gasteiger partial charge is 0.261 e. The van der Waals surface area contributed by atoms with Gasteiger partial charge in [0.05, 0.1) is 14.2 Å². The van der Waals surface area contributed by atoms with Gasteiger partial charge in [-0.1, -0.05) is 42.5 Å². The van der Waals surface area contributed by atoms with Crippen molar-refractivity contribution < 1.29 is 19.1 Å². The van der Waals surface area contributed by atoms with E-state index in [0.29, 0.717) is 43.0 Å². The van der Waals surface area contributed by atoms with Crippen LogP contribution in [0, 0.1) is 5.92 Å². The quantitative estimate of drug-likeness (QED) is 0.669. The van der Waals surface area contributed by atoms with Gasteiger partial charge >= 0.3 is 0 Å². The topological polar surface area (TPSA) is 67.9 Å². The zero-order valence-corrected chi connectivity index (χ0v) is 17.8. The van der Waals surface area contributed by atoms with Crippen LogP contribution < -0.4 is 14.8 Å². The Balaban J connectivity index is 1.43. The second kappa shape index (κ2) is 9.08. The molecule has 1 N–H and O–H groups in total. The molecule has 0 aliphatic carbocycles. The molecule has 1 fully saturated rings. The van der Waals surface area contributed by atoms with E-state index >= 15 is 0 Å². The number of nitrogens with one attached hydrogen (secondary N) is 1. The van der Waals surface area contributed by atoms with Gasteiger partial charge in [-0.15, -0.1) is 0 Å². The van der Waals surface area contributed by atoms with E-state index in [1.165, 1.54) is 14.2 Å². The number of methoxy groups -OCH3 is 2. The first kappa shape index (κ1) is 20.7. The zero-order valence-electron chi connectivity index (χ0n) is 17.8. The zero-order chi connectivity index (χ0) is 21.8. The minimum atomic E-state index is -0.137. The summed E-state index contributed by atoms with van der Waals surface area (Å²) in [5.74, 6) is 0.698. The van der Waals surface area contributed by atoms with E-state index in [2.05, 4.69) is 5.32 Å². The van der Waals surface area contributed by atoms with Crippen molar-refractivity contribution in [1.29, 1.82) is 0 Å². The van der Waals surface area contributed by atoms with Crippen molar-refractivity contribution in [2.75, 3.05) is 32.6 Å². The van der Waals surface area contributed by atoms with Gasteiger partial charge in [0.15, 0.2) is 0 Å². The Morgan fingerprint density at radius 1 is 0.871 bits per heavy atom. The Morgan fingerprint density at radius 3 is 2.16 bits per heavy atom. The molecular weight excluding hydrogens is 392 g/mol. The number of hydrogen-bond acceptors (Lipinski definition) is 4. The lowest BCUT2D eigenvalue weighted by molar-refractivity contribution is -0.121. The van der Waals surface area contributed by atoms with Crippen LogP contribution >= 0.6 is 0 Å². The molecule has 6 heteroatoms. The van der Waals surface area contributed by atoms with Crippen molar-refractivity contribution in [3.05, 3.63) is 66.2 Å². The van der Waals surface area contributed by atoms with Crippen LogP contribution in [0.15, 0.2) is 60.7 Å². The molecular formula is C25H26N2O4. The molecule has 0 atom stereocenters. The third-order valence-electron chi connectivity index (χ3n) is 5.84.